The Balaban J connectivity index is 1.47. The fourth-order valence-corrected chi connectivity index (χ4v) is 6.09. The molecule has 0 radical (unpaired) electrons. The zero-order valence-electron chi connectivity index (χ0n) is 18.7. The normalized spacial score (nSPS) is 15.1. The number of hydrogen-bond acceptors (Lipinski definition) is 7. The van der Waals surface area contributed by atoms with Crippen LogP contribution in [0.2, 0.25) is 5.02 Å². The minimum atomic E-state index is -3.66. The molecule has 0 amide bonds. The van der Waals surface area contributed by atoms with E-state index in [9.17, 15) is 8.42 Å². The van der Waals surface area contributed by atoms with Crippen molar-refractivity contribution in [2.24, 2.45) is 0 Å². The van der Waals surface area contributed by atoms with E-state index >= 15 is 0 Å². The van der Waals surface area contributed by atoms with Crippen molar-refractivity contribution >= 4 is 33.2 Å². The van der Waals surface area contributed by atoms with Crippen molar-refractivity contribution in [3.05, 3.63) is 65.6 Å². The van der Waals surface area contributed by atoms with Crippen molar-refractivity contribution in [1.29, 1.82) is 0 Å². The van der Waals surface area contributed by atoms with Crippen LogP contribution in [0.4, 0.5) is 5.82 Å². The first-order chi connectivity index (χ1) is 16.4. The Labute approximate surface area is 202 Å². The molecule has 0 saturated carbocycles. The predicted molar refractivity (Wildman–Crippen MR) is 130 cm³/mol. The van der Waals surface area contributed by atoms with Gasteiger partial charge in [0.2, 0.25) is 10.0 Å². The van der Waals surface area contributed by atoms with Crippen LogP contribution in [-0.2, 0) is 10.0 Å². The largest absolute Gasteiger partial charge is 0.497 e. The highest BCUT2D eigenvalue weighted by atomic mass is 35.5. The highest BCUT2D eigenvalue weighted by molar-refractivity contribution is 7.89. The number of anilines is 1. The Morgan fingerprint density at radius 2 is 1.74 bits per heavy atom. The number of rotatable bonds is 5. The molecular weight excluding hydrogens is 476 g/mol. The SMILES string of the molecule is COc1ccc(-c2cnc3ncnn3c2N2CCN(S(=O)(=O)c3cccc(Cl)c3C)CC2)cc1. The zero-order valence-corrected chi connectivity index (χ0v) is 20.3. The van der Waals surface area contributed by atoms with Crippen LogP contribution in [-0.4, -0.2) is 65.6 Å². The molecule has 34 heavy (non-hydrogen) atoms. The van der Waals surface area contributed by atoms with Crippen LogP contribution in [0, 0.1) is 6.92 Å². The van der Waals surface area contributed by atoms with Crippen LogP contribution < -0.4 is 9.64 Å². The van der Waals surface area contributed by atoms with E-state index in [-0.39, 0.29) is 4.90 Å². The van der Waals surface area contributed by atoms with Crippen LogP contribution in [0.25, 0.3) is 16.9 Å². The topological polar surface area (TPSA) is 92.9 Å². The highest BCUT2D eigenvalue weighted by Gasteiger charge is 2.31. The van der Waals surface area contributed by atoms with Crippen molar-refractivity contribution in [3.63, 3.8) is 0 Å². The van der Waals surface area contributed by atoms with E-state index in [0.717, 1.165) is 22.7 Å². The smallest absolute Gasteiger partial charge is 0.254 e. The summed E-state index contributed by atoms with van der Waals surface area (Å²) in [6.07, 6.45) is 3.24. The minimum absolute atomic E-state index is 0.245. The van der Waals surface area contributed by atoms with E-state index in [1.165, 1.54) is 10.6 Å². The van der Waals surface area contributed by atoms with Gasteiger partial charge in [-0.05, 0) is 42.3 Å². The molecular formula is C23H23ClN6O3S. The molecule has 4 aromatic rings. The summed E-state index contributed by atoms with van der Waals surface area (Å²) in [7, 11) is -2.03. The molecule has 1 aliphatic heterocycles. The Morgan fingerprint density at radius 1 is 1.00 bits per heavy atom. The summed E-state index contributed by atoms with van der Waals surface area (Å²) < 4.78 is 35.1. The third-order valence-corrected chi connectivity index (χ3v) is 8.51. The van der Waals surface area contributed by atoms with Crippen molar-refractivity contribution in [3.8, 4) is 16.9 Å². The number of hydrogen-bond donors (Lipinski definition) is 0. The van der Waals surface area contributed by atoms with Crippen LogP contribution in [0.5, 0.6) is 5.75 Å². The fraction of sp³-hybridized carbons (Fsp3) is 0.261. The molecule has 5 rings (SSSR count). The molecule has 3 heterocycles. The molecule has 0 aliphatic carbocycles. The van der Waals surface area contributed by atoms with Crippen LogP contribution in [0.15, 0.2) is 59.9 Å². The summed E-state index contributed by atoms with van der Waals surface area (Å²) in [5.41, 5.74) is 2.39. The van der Waals surface area contributed by atoms with E-state index in [1.54, 1.807) is 42.9 Å². The van der Waals surface area contributed by atoms with Crippen LogP contribution in [0.3, 0.4) is 0 Å². The van der Waals surface area contributed by atoms with Crippen LogP contribution in [0.1, 0.15) is 5.56 Å². The van der Waals surface area contributed by atoms with Gasteiger partial charge in [-0.3, -0.25) is 0 Å². The second-order valence-electron chi connectivity index (χ2n) is 7.95. The Bertz CT molecular complexity index is 1450. The summed E-state index contributed by atoms with van der Waals surface area (Å²) in [5, 5.41) is 4.82. The van der Waals surface area contributed by atoms with E-state index in [0.29, 0.717) is 42.5 Å². The van der Waals surface area contributed by atoms with Gasteiger partial charge in [-0.15, -0.1) is 0 Å². The van der Waals surface area contributed by atoms with E-state index < -0.39 is 10.0 Å². The maximum absolute atomic E-state index is 13.3. The summed E-state index contributed by atoms with van der Waals surface area (Å²) in [4.78, 5) is 11.0. The molecule has 0 unspecified atom stereocenters. The highest BCUT2D eigenvalue weighted by Crippen LogP contribution is 2.33. The number of ether oxygens (including phenoxy) is 1. The molecule has 0 N–H and O–H groups in total. The maximum Gasteiger partial charge on any atom is 0.254 e. The summed E-state index contributed by atoms with van der Waals surface area (Å²) in [5.74, 6) is 2.07. The Hall–Kier alpha value is -3.21. The van der Waals surface area contributed by atoms with E-state index in [4.69, 9.17) is 16.3 Å². The number of piperazine rings is 1. The number of methoxy groups -OCH3 is 1. The summed E-state index contributed by atoms with van der Waals surface area (Å²) in [6.45, 7) is 3.36. The Morgan fingerprint density at radius 3 is 2.44 bits per heavy atom. The van der Waals surface area contributed by atoms with E-state index in [1.807, 2.05) is 24.3 Å². The molecule has 9 nitrogen and oxygen atoms in total. The van der Waals surface area contributed by atoms with Crippen molar-refractivity contribution < 1.29 is 13.2 Å². The zero-order chi connectivity index (χ0) is 23.9. The number of nitrogens with zero attached hydrogens (tertiary/aromatic N) is 6. The second-order valence-corrected chi connectivity index (χ2v) is 10.3. The lowest BCUT2D eigenvalue weighted by Gasteiger charge is -2.36. The van der Waals surface area contributed by atoms with Gasteiger partial charge in [0.1, 0.15) is 17.9 Å². The molecule has 1 saturated heterocycles. The lowest BCUT2D eigenvalue weighted by atomic mass is 10.1. The lowest BCUT2D eigenvalue weighted by molar-refractivity contribution is 0.383. The van der Waals surface area contributed by atoms with Gasteiger partial charge in [0.25, 0.3) is 5.78 Å². The average molecular weight is 499 g/mol. The first kappa shape index (κ1) is 22.6. The van der Waals surface area contributed by atoms with Gasteiger partial charge in [0.05, 0.1) is 12.0 Å². The van der Waals surface area contributed by atoms with Gasteiger partial charge in [0, 0.05) is 43.0 Å². The fourth-order valence-electron chi connectivity index (χ4n) is 4.19. The molecule has 0 spiro atoms. The number of benzene rings is 2. The standard InChI is InChI=1S/C23H23ClN6O3S/c1-16-20(24)4-3-5-21(16)34(31,32)29-12-10-28(11-13-29)22-19(14-25-23-26-15-27-30(22)23)17-6-8-18(33-2)9-7-17/h3-9,14-15H,10-13H2,1-2H3. The lowest BCUT2D eigenvalue weighted by Crippen LogP contribution is -2.49. The molecule has 1 aliphatic rings. The van der Waals surface area contributed by atoms with Crippen molar-refractivity contribution in [1.82, 2.24) is 23.9 Å². The minimum Gasteiger partial charge on any atom is -0.497 e. The molecule has 0 atom stereocenters. The Kier molecular flexibility index (Phi) is 5.88. The first-order valence-electron chi connectivity index (χ1n) is 10.7. The predicted octanol–water partition coefficient (Wildman–Crippen LogP) is 3.27. The van der Waals surface area contributed by atoms with Crippen molar-refractivity contribution in [2.45, 2.75) is 11.8 Å². The van der Waals surface area contributed by atoms with Crippen LogP contribution >= 0.6 is 11.6 Å². The molecule has 11 heteroatoms. The van der Waals surface area contributed by atoms with Gasteiger partial charge in [-0.1, -0.05) is 29.8 Å². The summed E-state index contributed by atoms with van der Waals surface area (Å²) >= 11 is 6.18. The summed E-state index contributed by atoms with van der Waals surface area (Å²) in [6, 6.07) is 12.7. The quantitative estimate of drug-likeness (QED) is 0.417. The monoisotopic (exact) mass is 498 g/mol. The van der Waals surface area contributed by atoms with Crippen molar-refractivity contribution in [2.75, 3.05) is 38.2 Å². The molecule has 176 valence electrons. The third kappa shape index (κ3) is 3.87. The molecule has 1 fully saturated rings. The van der Waals surface area contributed by atoms with Gasteiger partial charge in [-0.2, -0.15) is 18.9 Å². The molecule has 0 bridgehead atoms. The van der Waals surface area contributed by atoms with Gasteiger partial charge in [0.15, 0.2) is 0 Å². The van der Waals surface area contributed by atoms with Gasteiger partial charge in [-0.25, -0.2) is 13.4 Å². The van der Waals surface area contributed by atoms with Gasteiger partial charge >= 0.3 is 0 Å². The van der Waals surface area contributed by atoms with Gasteiger partial charge < -0.3 is 9.64 Å². The number of sulfonamides is 1. The average Bonchev–Trinajstić information content (AvgIpc) is 3.34. The number of fused-ring (bicyclic) bond motifs is 1. The van der Waals surface area contributed by atoms with E-state index in [2.05, 4.69) is 20.0 Å². The molecule has 2 aromatic heterocycles. The molecule has 2 aromatic carbocycles. The third-order valence-electron chi connectivity index (χ3n) is 6.06. The first-order valence-corrected chi connectivity index (χ1v) is 12.6. The number of halogens is 1. The second kappa shape index (κ2) is 8.86. The maximum atomic E-state index is 13.3. The number of aromatic nitrogens is 4.